The van der Waals surface area contributed by atoms with Gasteiger partial charge in [0.05, 0.1) is 7.11 Å². The summed E-state index contributed by atoms with van der Waals surface area (Å²) in [4.78, 5) is 4.44. The van der Waals surface area contributed by atoms with Crippen molar-refractivity contribution in [2.45, 2.75) is 0 Å². The molecule has 0 bridgehead atoms. The third kappa shape index (κ3) is 1.76. The van der Waals surface area contributed by atoms with E-state index in [9.17, 15) is 0 Å². The number of pyridine rings is 1. The third-order valence-electron chi connectivity index (χ3n) is 2.49. The number of hydrogen-bond acceptors (Lipinski definition) is 3. The highest BCUT2D eigenvalue weighted by Gasteiger charge is 2.08. The largest absolute Gasteiger partial charge is 0.497 e. The molecular weight excluding hydrogens is 240 g/mol. The molecule has 0 radical (unpaired) electrons. The number of nitrogens with zero attached hydrogens (tertiary/aromatic N) is 2. The van der Waals surface area contributed by atoms with Crippen LogP contribution in [0.4, 0.5) is 0 Å². The van der Waals surface area contributed by atoms with E-state index in [1.807, 2.05) is 28.9 Å². The Bertz CT molecular complexity index is 672. The van der Waals surface area contributed by atoms with Crippen LogP contribution in [-0.2, 0) is 0 Å². The van der Waals surface area contributed by atoms with Gasteiger partial charge >= 0.3 is 0 Å². The topological polar surface area (TPSA) is 39.7 Å². The zero-order valence-corrected chi connectivity index (χ0v) is 9.81. The summed E-state index contributed by atoms with van der Waals surface area (Å²) >= 11 is 5.74. The quantitative estimate of drug-likeness (QED) is 0.699. The fraction of sp³-hybridized carbons (Fsp3) is 0.0833. The Balaban J connectivity index is 2.13. The van der Waals surface area contributed by atoms with Gasteiger partial charge in [0.1, 0.15) is 17.1 Å². The highest BCUT2D eigenvalue weighted by atomic mass is 35.5. The lowest BCUT2D eigenvalue weighted by atomic mass is 10.4. The smallest absolute Gasteiger partial charge is 0.194 e. The molecule has 0 unspecified atom stereocenters. The van der Waals surface area contributed by atoms with E-state index in [1.54, 1.807) is 19.2 Å². The maximum atomic E-state index is 5.74. The summed E-state index contributed by atoms with van der Waals surface area (Å²) in [5, 5.41) is 0.356. The average molecular weight is 249 g/mol. The molecule has 5 heteroatoms. The molecule has 0 saturated carbocycles. The van der Waals surface area contributed by atoms with E-state index in [2.05, 4.69) is 4.98 Å². The van der Waals surface area contributed by atoms with Gasteiger partial charge in [-0.25, -0.2) is 4.98 Å². The number of fused-ring (bicyclic) bond motifs is 1. The molecule has 0 aliphatic heterocycles. The molecule has 17 heavy (non-hydrogen) atoms. The van der Waals surface area contributed by atoms with Gasteiger partial charge in [-0.15, -0.1) is 0 Å². The monoisotopic (exact) mass is 248 g/mol. The maximum Gasteiger partial charge on any atom is 0.194 e. The van der Waals surface area contributed by atoms with Crippen molar-refractivity contribution < 1.29 is 9.15 Å². The molecule has 0 atom stereocenters. The summed E-state index contributed by atoms with van der Waals surface area (Å²) in [5.74, 6) is 1.42. The van der Waals surface area contributed by atoms with E-state index >= 15 is 0 Å². The number of rotatable bonds is 2. The maximum absolute atomic E-state index is 5.74. The van der Waals surface area contributed by atoms with Crippen LogP contribution in [0.25, 0.3) is 17.1 Å². The lowest BCUT2D eigenvalue weighted by Gasteiger charge is -1.98. The standard InChI is InChI=1S/C12H9ClN2O2/c1-16-8-4-5-15-7-9(14-12(15)6-8)10-2-3-11(13)17-10/h2-7H,1H3. The van der Waals surface area contributed by atoms with E-state index in [0.717, 1.165) is 17.1 Å². The van der Waals surface area contributed by atoms with Crippen LogP contribution in [0.3, 0.4) is 0 Å². The van der Waals surface area contributed by atoms with Crippen molar-refractivity contribution in [1.82, 2.24) is 9.38 Å². The molecule has 3 aromatic rings. The van der Waals surface area contributed by atoms with Crippen LogP contribution >= 0.6 is 11.6 Å². The summed E-state index contributed by atoms with van der Waals surface area (Å²) in [6, 6.07) is 7.21. The fourth-order valence-electron chi connectivity index (χ4n) is 1.66. The van der Waals surface area contributed by atoms with Gasteiger partial charge in [0.2, 0.25) is 0 Å². The lowest BCUT2D eigenvalue weighted by molar-refractivity contribution is 0.414. The van der Waals surface area contributed by atoms with E-state index < -0.39 is 0 Å². The zero-order chi connectivity index (χ0) is 11.8. The van der Waals surface area contributed by atoms with Crippen LogP contribution in [0.2, 0.25) is 5.22 Å². The predicted molar refractivity (Wildman–Crippen MR) is 64.5 cm³/mol. The van der Waals surface area contributed by atoms with Crippen molar-refractivity contribution >= 4 is 17.2 Å². The second-order valence-electron chi connectivity index (χ2n) is 3.56. The summed E-state index contributed by atoms with van der Waals surface area (Å²) in [5.41, 5.74) is 1.54. The molecule has 0 spiro atoms. The molecule has 0 amide bonds. The number of hydrogen-bond donors (Lipinski definition) is 0. The molecule has 0 saturated heterocycles. The zero-order valence-electron chi connectivity index (χ0n) is 9.05. The van der Waals surface area contributed by atoms with Gasteiger partial charge < -0.3 is 13.6 Å². The molecule has 86 valence electrons. The lowest BCUT2D eigenvalue weighted by Crippen LogP contribution is -1.85. The Hall–Kier alpha value is -1.94. The number of methoxy groups -OCH3 is 1. The van der Waals surface area contributed by atoms with Crippen LogP contribution < -0.4 is 4.74 Å². The molecule has 3 rings (SSSR count). The molecule has 0 aliphatic rings. The normalized spacial score (nSPS) is 10.9. The van der Waals surface area contributed by atoms with Crippen molar-refractivity contribution in [3.8, 4) is 17.2 Å². The Labute approximate surface area is 102 Å². The van der Waals surface area contributed by atoms with Gasteiger partial charge in [-0.05, 0) is 29.8 Å². The minimum atomic E-state index is 0.356. The van der Waals surface area contributed by atoms with Crippen molar-refractivity contribution in [3.63, 3.8) is 0 Å². The molecule has 4 nitrogen and oxygen atoms in total. The van der Waals surface area contributed by atoms with Gasteiger partial charge in [-0.1, -0.05) is 0 Å². The predicted octanol–water partition coefficient (Wildman–Crippen LogP) is 3.26. The van der Waals surface area contributed by atoms with E-state index in [4.69, 9.17) is 20.8 Å². The number of aromatic nitrogens is 2. The second-order valence-corrected chi connectivity index (χ2v) is 3.93. The summed E-state index contributed by atoms with van der Waals surface area (Å²) in [6.45, 7) is 0. The SMILES string of the molecule is COc1ccn2cc(-c3ccc(Cl)o3)nc2c1. The summed E-state index contributed by atoms with van der Waals surface area (Å²) in [7, 11) is 1.63. The van der Waals surface area contributed by atoms with Gasteiger partial charge in [-0.2, -0.15) is 0 Å². The first kappa shape index (κ1) is 10.2. The Morgan fingerprint density at radius 2 is 2.24 bits per heavy atom. The molecule has 3 heterocycles. The minimum absolute atomic E-state index is 0.356. The number of halogens is 1. The Morgan fingerprint density at radius 1 is 1.35 bits per heavy atom. The van der Waals surface area contributed by atoms with Crippen molar-refractivity contribution in [2.24, 2.45) is 0 Å². The van der Waals surface area contributed by atoms with Crippen LogP contribution in [0.5, 0.6) is 5.75 Å². The highest BCUT2D eigenvalue weighted by molar-refractivity contribution is 6.28. The first-order valence-electron chi connectivity index (χ1n) is 5.05. The third-order valence-corrected chi connectivity index (χ3v) is 2.70. The van der Waals surface area contributed by atoms with Crippen LogP contribution in [0.1, 0.15) is 0 Å². The van der Waals surface area contributed by atoms with E-state index in [1.165, 1.54) is 0 Å². The van der Waals surface area contributed by atoms with Gasteiger partial charge in [0.25, 0.3) is 0 Å². The van der Waals surface area contributed by atoms with Crippen LogP contribution in [0, 0.1) is 0 Å². The molecule has 0 aliphatic carbocycles. The van der Waals surface area contributed by atoms with Crippen molar-refractivity contribution in [2.75, 3.05) is 7.11 Å². The molecule has 0 fully saturated rings. The number of ether oxygens (including phenoxy) is 1. The van der Waals surface area contributed by atoms with Crippen LogP contribution in [-0.4, -0.2) is 16.5 Å². The van der Waals surface area contributed by atoms with Gasteiger partial charge in [0.15, 0.2) is 11.0 Å². The minimum Gasteiger partial charge on any atom is -0.497 e. The molecule has 0 N–H and O–H groups in total. The summed E-state index contributed by atoms with van der Waals surface area (Å²) < 4.78 is 12.4. The van der Waals surface area contributed by atoms with Crippen LogP contribution in [0.15, 0.2) is 41.1 Å². The summed E-state index contributed by atoms with van der Waals surface area (Å²) in [6.07, 6.45) is 3.76. The first-order chi connectivity index (χ1) is 8.26. The van der Waals surface area contributed by atoms with Gasteiger partial charge in [0, 0.05) is 18.5 Å². The van der Waals surface area contributed by atoms with Crippen molar-refractivity contribution in [1.29, 1.82) is 0 Å². The average Bonchev–Trinajstić information content (AvgIpc) is 2.93. The molecule has 3 aromatic heterocycles. The van der Waals surface area contributed by atoms with E-state index in [-0.39, 0.29) is 0 Å². The Kier molecular flexibility index (Phi) is 2.30. The molecular formula is C12H9ClN2O2. The van der Waals surface area contributed by atoms with E-state index in [0.29, 0.717) is 11.0 Å². The highest BCUT2D eigenvalue weighted by Crippen LogP contribution is 2.25. The Morgan fingerprint density at radius 3 is 2.94 bits per heavy atom. The fourth-order valence-corrected chi connectivity index (χ4v) is 1.81. The van der Waals surface area contributed by atoms with Crippen molar-refractivity contribution in [3.05, 3.63) is 41.9 Å². The van der Waals surface area contributed by atoms with Gasteiger partial charge in [-0.3, -0.25) is 0 Å². The number of imidazole rings is 1. The first-order valence-corrected chi connectivity index (χ1v) is 5.42. The number of furan rings is 1. The molecule has 0 aromatic carbocycles. The second kappa shape index (κ2) is 3.82.